The first-order chi connectivity index (χ1) is 11.6. The lowest BCUT2D eigenvalue weighted by molar-refractivity contribution is -0.129. The van der Waals surface area contributed by atoms with Gasteiger partial charge in [-0.05, 0) is 35.5 Å². The maximum Gasteiger partial charge on any atom is 0.294 e. The Morgan fingerprint density at radius 1 is 1.17 bits per heavy atom. The summed E-state index contributed by atoms with van der Waals surface area (Å²) in [5.41, 5.74) is 0.824. The third kappa shape index (κ3) is 3.75. The topological polar surface area (TPSA) is 79.6 Å². The molecule has 2 heterocycles. The van der Waals surface area contributed by atoms with Gasteiger partial charge in [0.05, 0.1) is 17.7 Å². The van der Waals surface area contributed by atoms with E-state index >= 15 is 0 Å². The molecular formula is C17H14N2O4S. The number of thioether (sulfide) groups is 1. The lowest BCUT2D eigenvalue weighted by Crippen LogP contribution is -2.39. The predicted octanol–water partition coefficient (Wildman–Crippen LogP) is 2.63. The van der Waals surface area contributed by atoms with Crippen molar-refractivity contribution in [2.75, 3.05) is 6.54 Å². The van der Waals surface area contributed by atoms with Gasteiger partial charge in [-0.3, -0.25) is 19.3 Å². The summed E-state index contributed by atoms with van der Waals surface area (Å²) < 4.78 is 5.10. The Balaban J connectivity index is 1.62. The number of hydrogen-bond acceptors (Lipinski definition) is 5. The number of rotatable bonds is 5. The summed E-state index contributed by atoms with van der Waals surface area (Å²) in [4.78, 5) is 37.5. The molecule has 24 heavy (non-hydrogen) atoms. The number of carbonyl (C=O) groups is 3. The fourth-order valence-corrected chi connectivity index (χ4v) is 2.97. The first-order valence-electron chi connectivity index (χ1n) is 7.23. The van der Waals surface area contributed by atoms with E-state index in [9.17, 15) is 14.4 Å². The monoisotopic (exact) mass is 342 g/mol. The van der Waals surface area contributed by atoms with Crippen LogP contribution < -0.4 is 5.32 Å². The van der Waals surface area contributed by atoms with E-state index < -0.39 is 17.1 Å². The Bertz CT molecular complexity index is 784. The number of hydrogen-bond donors (Lipinski definition) is 1. The second kappa shape index (κ2) is 7.18. The summed E-state index contributed by atoms with van der Waals surface area (Å²) in [5.74, 6) is -0.280. The number of carbonyl (C=O) groups excluding carboxylic acids is 3. The average molecular weight is 342 g/mol. The van der Waals surface area contributed by atoms with Crippen LogP contribution in [0.25, 0.3) is 6.08 Å². The van der Waals surface area contributed by atoms with E-state index in [1.807, 2.05) is 30.3 Å². The zero-order valence-corrected chi connectivity index (χ0v) is 13.4. The van der Waals surface area contributed by atoms with Crippen LogP contribution in [-0.2, 0) is 16.1 Å². The third-order valence-corrected chi connectivity index (χ3v) is 4.22. The lowest BCUT2D eigenvalue weighted by atomic mass is 10.2. The number of imide groups is 1. The van der Waals surface area contributed by atoms with Gasteiger partial charge in [-0.1, -0.05) is 30.3 Å². The first-order valence-corrected chi connectivity index (χ1v) is 8.04. The highest BCUT2D eigenvalue weighted by Crippen LogP contribution is 2.31. The van der Waals surface area contributed by atoms with Gasteiger partial charge < -0.3 is 9.73 Å². The van der Waals surface area contributed by atoms with Crippen LogP contribution in [0.4, 0.5) is 4.79 Å². The van der Waals surface area contributed by atoms with Gasteiger partial charge in [0.1, 0.15) is 12.3 Å². The van der Waals surface area contributed by atoms with Gasteiger partial charge >= 0.3 is 0 Å². The van der Waals surface area contributed by atoms with E-state index in [2.05, 4.69) is 5.32 Å². The molecule has 1 aromatic carbocycles. The number of benzene rings is 1. The highest BCUT2D eigenvalue weighted by atomic mass is 32.2. The van der Waals surface area contributed by atoms with Gasteiger partial charge in [0.25, 0.3) is 11.1 Å². The highest BCUT2D eigenvalue weighted by molar-refractivity contribution is 8.18. The van der Waals surface area contributed by atoms with E-state index in [0.717, 1.165) is 22.2 Å². The van der Waals surface area contributed by atoms with Crippen molar-refractivity contribution in [2.24, 2.45) is 0 Å². The molecule has 7 heteroatoms. The van der Waals surface area contributed by atoms with Crippen LogP contribution in [0, 0.1) is 0 Å². The van der Waals surface area contributed by atoms with Gasteiger partial charge in [0.15, 0.2) is 0 Å². The van der Waals surface area contributed by atoms with Gasteiger partial charge in [0, 0.05) is 0 Å². The average Bonchev–Trinajstić information content (AvgIpc) is 3.18. The second-order valence-electron chi connectivity index (χ2n) is 5.03. The van der Waals surface area contributed by atoms with Crippen molar-refractivity contribution in [3.8, 4) is 0 Å². The van der Waals surface area contributed by atoms with Gasteiger partial charge in [-0.25, -0.2) is 0 Å². The molecular weight excluding hydrogens is 328 g/mol. The zero-order chi connectivity index (χ0) is 16.9. The Kier molecular flexibility index (Phi) is 4.81. The van der Waals surface area contributed by atoms with Crippen LogP contribution in [0.1, 0.15) is 11.3 Å². The van der Waals surface area contributed by atoms with Crippen LogP contribution in [0.15, 0.2) is 58.1 Å². The Labute approximate surface area is 142 Å². The molecule has 6 nitrogen and oxygen atoms in total. The summed E-state index contributed by atoms with van der Waals surface area (Å²) in [6.45, 7) is -0.0978. The van der Waals surface area contributed by atoms with Crippen molar-refractivity contribution in [1.29, 1.82) is 0 Å². The Hall–Kier alpha value is -2.80. The van der Waals surface area contributed by atoms with Crippen LogP contribution in [0.5, 0.6) is 0 Å². The second-order valence-corrected chi connectivity index (χ2v) is 6.03. The quantitative estimate of drug-likeness (QED) is 0.845. The summed E-state index contributed by atoms with van der Waals surface area (Å²) in [5, 5.41) is 2.16. The normalized spacial score (nSPS) is 16.0. The molecule has 0 radical (unpaired) electrons. The number of furan rings is 1. The molecule has 1 fully saturated rings. The number of nitrogens with one attached hydrogen (secondary N) is 1. The minimum absolute atomic E-state index is 0.210. The fraction of sp³-hybridized carbons (Fsp3) is 0.118. The first kappa shape index (κ1) is 16.1. The van der Waals surface area contributed by atoms with Crippen molar-refractivity contribution < 1.29 is 18.8 Å². The molecule has 0 atom stereocenters. The molecule has 1 saturated heterocycles. The molecule has 0 spiro atoms. The Morgan fingerprint density at radius 2 is 1.96 bits per heavy atom. The molecule has 1 aliphatic heterocycles. The smallest absolute Gasteiger partial charge is 0.294 e. The Morgan fingerprint density at radius 3 is 2.67 bits per heavy atom. The van der Waals surface area contributed by atoms with Gasteiger partial charge in [-0.15, -0.1) is 0 Å². The third-order valence-electron chi connectivity index (χ3n) is 3.31. The minimum atomic E-state index is -0.456. The standard InChI is InChI=1S/C17H14N2O4S/c20-15(18-10-13-7-4-8-23-13)11-19-16(21)14(24-17(19)22)9-12-5-2-1-3-6-12/h1-9H,10-11H2,(H,18,20)/b14-9-. The van der Waals surface area contributed by atoms with Gasteiger partial charge in [0.2, 0.25) is 5.91 Å². The number of amides is 3. The van der Waals surface area contributed by atoms with Gasteiger partial charge in [-0.2, -0.15) is 0 Å². The largest absolute Gasteiger partial charge is 0.467 e. The maximum absolute atomic E-state index is 12.3. The summed E-state index contributed by atoms with van der Waals surface area (Å²) >= 11 is 0.834. The summed E-state index contributed by atoms with van der Waals surface area (Å²) in [7, 11) is 0. The molecule has 2 aromatic rings. The van der Waals surface area contributed by atoms with E-state index in [4.69, 9.17) is 4.42 Å². The molecule has 1 aromatic heterocycles. The maximum atomic E-state index is 12.3. The van der Waals surface area contributed by atoms with Crippen LogP contribution >= 0.6 is 11.8 Å². The van der Waals surface area contributed by atoms with E-state index in [-0.39, 0.29) is 13.1 Å². The van der Waals surface area contributed by atoms with E-state index in [0.29, 0.717) is 10.7 Å². The lowest BCUT2D eigenvalue weighted by Gasteiger charge is -2.11. The molecule has 0 saturated carbocycles. The molecule has 0 unspecified atom stereocenters. The molecule has 122 valence electrons. The molecule has 0 bridgehead atoms. The predicted molar refractivity (Wildman–Crippen MR) is 89.7 cm³/mol. The summed E-state index contributed by atoms with van der Waals surface area (Å²) in [6.07, 6.45) is 3.15. The molecule has 1 aliphatic rings. The SMILES string of the molecule is O=C(CN1C(=O)S/C(=C\c2ccccc2)C1=O)NCc1ccco1. The van der Waals surface area contributed by atoms with Crippen molar-refractivity contribution >= 4 is 34.9 Å². The summed E-state index contributed by atoms with van der Waals surface area (Å²) in [6, 6.07) is 12.7. The van der Waals surface area contributed by atoms with Crippen LogP contribution in [-0.4, -0.2) is 28.5 Å². The van der Waals surface area contributed by atoms with Crippen LogP contribution in [0.3, 0.4) is 0 Å². The molecule has 0 aliphatic carbocycles. The van der Waals surface area contributed by atoms with E-state index in [1.165, 1.54) is 6.26 Å². The van der Waals surface area contributed by atoms with Crippen molar-refractivity contribution in [1.82, 2.24) is 10.2 Å². The zero-order valence-electron chi connectivity index (χ0n) is 12.6. The van der Waals surface area contributed by atoms with Crippen molar-refractivity contribution in [2.45, 2.75) is 6.54 Å². The molecule has 1 N–H and O–H groups in total. The van der Waals surface area contributed by atoms with Crippen molar-refractivity contribution in [3.05, 3.63) is 65.0 Å². The van der Waals surface area contributed by atoms with E-state index in [1.54, 1.807) is 18.2 Å². The minimum Gasteiger partial charge on any atom is -0.467 e. The highest BCUT2D eigenvalue weighted by Gasteiger charge is 2.36. The molecule has 3 rings (SSSR count). The number of nitrogens with zero attached hydrogens (tertiary/aromatic N) is 1. The fourth-order valence-electron chi connectivity index (χ4n) is 2.14. The van der Waals surface area contributed by atoms with Crippen molar-refractivity contribution in [3.63, 3.8) is 0 Å². The van der Waals surface area contributed by atoms with Crippen LogP contribution in [0.2, 0.25) is 0 Å². The molecule has 3 amide bonds.